The van der Waals surface area contributed by atoms with Gasteiger partial charge >= 0.3 is 0 Å². The minimum absolute atomic E-state index is 0.0108. The fourth-order valence-corrected chi connectivity index (χ4v) is 5.15. The average Bonchev–Trinajstić information content (AvgIpc) is 3.33. The second kappa shape index (κ2) is 12.7. The number of rotatable bonds is 11. The van der Waals surface area contributed by atoms with E-state index in [-0.39, 0.29) is 17.9 Å². The predicted molar refractivity (Wildman–Crippen MR) is 135 cm³/mol. The molecule has 1 N–H and O–H groups in total. The van der Waals surface area contributed by atoms with E-state index in [1.165, 1.54) is 11.1 Å². The fourth-order valence-electron chi connectivity index (χ4n) is 4.28. The summed E-state index contributed by atoms with van der Waals surface area (Å²) in [4.78, 5) is 28.3. The molecule has 2 amide bonds. The molecule has 0 saturated heterocycles. The number of aryl methyl sites for hydroxylation is 1. The molecule has 0 spiro atoms. The summed E-state index contributed by atoms with van der Waals surface area (Å²) >= 11 is 1.59. The van der Waals surface area contributed by atoms with E-state index in [0.717, 1.165) is 42.7 Å². The van der Waals surface area contributed by atoms with Crippen molar-refractivity contribution in [1.29, 1.82) is 0 Å². The first-order chi connectivity index (χ1) is 16.0. The molecule has 0 aromatic heterocycles. The Hall–Kier alpha value is -2.47. The van der Waals surface area contributed by atoms with Crippen LogP contribution in [0.1, 0.15) is 55.7 Å². The number of carbonyl (C=O) groups excluding carboxylic acids is 2. The molecule has 1 fully saturated rings. The molecular formula is C27H36N2O3S. The molecule has 5 nitrogen and oxygen atoms in total. The molecule has 1 atom stereocenters. The second-order valence-electron chi connectivity index (χ2n) is 8.77. The molecule has 1 saturated carbocycles. The summed E-state index contributed by atoms with van der Waals surface area (Å²) in [5.74, 6) is 1.81. The number of carbonyl (C=O) groups is 2. The van der Waals surface area contributed by atoms with Crippen molar-refractivity contribution in [3.63, 3.8) is 0 Å². The molecule has 3 rings (SSSR count). The molecule has 6 heteroatoms. The zero-order valence-electron chi connectivity index (χ0n) is 20.0. The lowest BCUT2D eigenvalue weighted by atomic mass is 10.1. The monoisotopic (exact) mass is 468 g/mol. The van der Waals surface area contributed by atoms with Crippen molar-refractivity contribution < 1.29 is 14.3 Å². The lowest BCUT2D eigenvalue weighted by Crippen LogP contribution is -2.51. The van der Waals surface area contributed by atoms with E-state index in [9.17, 15) is 9.59 Å². The fraction of sp³-hybridized carbons (Fsp3) is 0.481. The first-order valence-corrected chi connectivity index (χ1v) is 13.0. The van der Waals surface area contributed by atoms with Crippen LogP contribution in [0.4, 0.5) is 0 Å². The maximum Gasteiger partial charge on any atom is 0.243 e. The Morgan fingerprint density at radius 3 is 2.52 bits per heavy atom. The van der Waals surface area contributed by atoms with E-state index in [0.29, 0.717) is 18.7 Å². The molecule has 0 aliphatic heterocycles. The Morgan fingerprint density at radius 1 is 1.12 bits per heavy atom. The molecule has 1 aliphatic carbocycles. The molecule has 33 heavy (non-hydrogen) atoms. The number of hydrogen-bond donors (Lipinski definition) is 1. The lowest BCUT2D eigenvalue weighted by molar-refractivity contribution is -0.139. The Labute approximate surface area is 202 Å². The van der Waals surface area contributed by atoms with Gasteiger partial charge in [0.25, 0.3) is 0 Å². The zero-order valence-corrected chi connectivity index (χ0v) is 20.8. The molecule has 0 bridgehead atoms. The van der Waals surface area contributed by atoms with Gasteiger partial charge in [-0.25, -0.2) is 0 Å². The van der Waals surface area contributed by atoms with Gasteiger partial charge in [0.1, 0.15) is 11.8 Å². The first kappa shape index (κ1) is 25.2. The van der Waals surface area contributed by atoms with Crippen molar-refractivity contribution >= 4 is 23.6 Å². The van der Waals surface area contributed by atoms with Crippen LogP contribution in [0.25, 0.3) is 0 Å². The van der Waals surface area contributed by atoms with Gasteiger partial charge in [-0.1, -0.05) is 61.7 Å². The maximum absolute atomic E-state index is 13.4. The molecule has 1 aliphatic rings. The molecule has 178 valence electrons. The van der Waals surface area contributed by atoms with E-state index in [4.69, 9.17) is 4.74 Å². The van der Waals surface area contributed by atoms with Gasteiger partial charge in [0.2, 0.25) is 11.8 Å². The number of benzene rings is 2. The summed E-state index contributed by atoms with van der Waals surface area (Å²) in [5, 5.41) is 3.20. The summed E-state index contributed by atoms with van der Waals surface area (Å²) in [6.45, 7) is 4.43. The van der Waals surface area contributed by atoms with Crippen LogP contribution in [0.5, 0.6) is 5.75 Å². The van der Waals surface area contributed by atoms with Gasteiger partial charge in [0.15, 0.2) is 0 Å². The largest absolute Gasteiger partial charge is 0.497 e. The molecule has 0 radical (unpaired) electrons. The number of ether oxygens (including phenoxy) is 1. The van der Waals surface area contributed by atoms with Crippen molar-refractivity contribution in [2.24, 2.45) is 0 Å². The highest BCUT2D eigenvalue weighted by molar-refractivity contribution is 7.99. The number of thioether (sulfide) groups is 1. The number of nitrogens with zero attached hydrogens (tertiary/aromatic N) is 1. The van der Waals surface area contributed by atoms with Gasteiger partial charge in [-0.2, -0.15) is 0 Å². The maximum atomic E-state index is 13.4. The van der Waals surface area contributed by atoms with Crippen LogP contribution in [0, 0.1) is 6.92 Å². The van der Waals surface area contributed by atoms with Crippen LogP contribution in [0.3, 0.4) is 0 Å². The summed E-state index contributed by atoms with van der Waals surface area (Å²) < 4.78 is 5.36. The third-order valence-corrected chi connectivity index (χ3v) is 7.18. The van der Waals surface area contributed by atoms with Crippen molar-refractivity contribution in [1.82, 2.24) is 10.2 Å². The van der Waals surface area contributed by atoms with Gasteiger partial charge in [0, 0.05) is 18.3 Å². The van der Waals surface area contributed by atoms with Gasteiger partial charge < -0.3 is 15.0 Å². The second-order valence-corrected chi connectivity index (χ2v) is 9.75. The van der Waals surface area contributed by atoms with Crippen LogP contribution in [0.15, 0.2) is 48.5 Å². The Morgan fingerprint density at radius 2 is 1.85 bits per heavy atom. The van der Waals surface area contributed by atoms with Crippen LogP contribution in [-0.4, -0.2) is 41.7 Å². The lowest BCUT2D eigenvalue weighted by Gasteiger charge is -2.31. The number of nitrogens with one attached hydrogen (secondary N) is 1. The summed E-state index contributed by atoms with van der Waals surface area (Å²) in [5.41, 5.74) is 3.38. The predicted octanol–water partition coefficient (Wildman–Crippen LogP) is 5.10. The molecule has 2 aromatic rings. The van der Waals surface area contributed by atoms with E-state index < -0.39 is 6.04 Å². The van der Waals surface area contributed by atoms with Gasteiger partial charge in [0.05, 0.1) is 12.9 Å². The van der Waals surface area contributed by atoms with E-state index in [2.05, 4.69) is 36.5 Å². The normalized spacial score (nSPS) is 14.6. The van der Waals surface area contributed by atoms with Crippen LogP contribution < -0.4 is 10.1 Å². The third-order valence-electron chi connectivity index (χ3n) is 6.19. The highest BCUT2D eigenvalue weighted by Gasteiger charge is 2.30. The standard InChI is InChI=1S/C27H36N2O3S/c1-4-25(27(31)28-23-9-5-6-10-23)29(17-22-8-7-11-24(16-22)32-3)26(30)19-33-18-21-14-12-20(2)13-15-21/h7-8,11-16,23,25H,4-6,9-10,17-19H2,1-3H3,(H,28,31). The van der Waals surface area contributed by atoms with E-state index in [1.54, 1.807) is 23.8 Å². The smallest absolute Gasteiger partial charge is 0.243 e. The summed E-state index contributed by atoms with van der Waals surface area (Å²) in [7, 11) is 1.63. The minimum Gasteiger partial charge on any atom is -0.497 e. The van der Waals surface area contributed by atoms with Gasteiger partial charge in [-0.15, -0.1) is 11.8 Å². The topological polar surface area (TPSA) is 58.6 Å². The van der Waals surface area contributed by atoms with Gasteiger partial charge in [-0.3, -0.25) is 9.59 Å². The van der Waals surface area contributed by atoms with Crippen LogP contribution in [-0.2, 0) is 21.9 Å². The quantitative estimate of drug-likeness (QED) is 0.498. The molecular weight excluding hydrogens is 432 g/mol. The zero-order chi connectivity index (χ0) is 23.6. The van der Waals surface area contributed by atoms with Crippen LogP contribution >= 0.6 is 11.8 Å². The van der Waals surface area contributed by atoms with Crippen molar-refractivity contribution in [2.45, 2.75) is 70.3 Å². The number of hydrogen-bond acceptors (Lipinski definition) is 4. The first-order valence-electron chi connectivity index (χ1n) is 11.9. The number of amides is 2. The molecule has 2 aromatic carbocycles. The number of methoxy groups -OCH3 is 1. The SMILES string of the molecule is CCC(C(=O)NC1CCCC1)N(Cc1cccc(OC)c1)C(=O)CSCc1ccc(C)cc1. The minimum atomic E-state index is -0.482. The molecule has 0 heterocycles. The summed E-state index contributed by atoms with van der Waals surface area (Å²) in [6, 6.07) is 15.8. The Bertz CT molecular complexity index is 910. The van der Waals surface area contributed by atoms with Gasteiger partial charge in [-0.05, 0) is 49.4 Å². The van der Waals surface area contributed by atoms with E-state index in [1.807, 2.05) is 31.2 Å². The Kier molecular flexibility index (Phi) is 9.67. The Balaban J connectivity index is 1.71. The van der Waals surface area contributed by atoms with E-state index >= 15 is 0 Å². The molecule has 1 unspecified atom stereocenters. The van der Waals surface area contributed by atoms with Crippen molar-refractivity contribution in [3.05, 3.63) is 65.2 Å². The highest BCUT2D eigenvalue weighted by atomic mass is 32.2. The van der Waals surface area contributed by atoms with Crippen LogP contribution in [0.2, 0.25) is 0 Å². The highest BCUT2D eigenvalue weighted by Crippen LogP contribution is 2.22. The average molecular weight is 469 g/mol. The summed E-state index contributed by atoms with van der Waals surface area (Å²) in [6.07, 6.45) is 4.95. The third kappa shape index (κ3) is 7.53. The van der Waals surface area contributed by atoms with Crippen molar-refractivity contribution in [3.8, 4) is 5.75 Å². The van der Waals surface area contributed by atoms with Crippen molar-refractivity contribution in [2.75, 3.05) is 12.9 Å².